The van der Waals surface area contributed by atoms with Gasteiger partial charge in [-0.05, 0) is 12.1 Å². The van der Waals surface area contributed by atoms with Gasteiger partial charge in [-0.1, -0.05) is 5.16 Å². The molecule has 0 bridgehead atoms. The van der Waals surface area contributed by atoms with Crippen LogP contribution in [0.25, 0.3) is 0 Å². The quantitative estimate of drug-likeness (QED) is 0.851. The molecule has 1 aliphatic heterocycles. The number of benzene rings is 1. The molecule has 0 spiro atoms. The summed E-state index contributed by atoms with van der Waals surface area (Å²) in [5.74, 6) is 1.47. The molecule has 1 atom stereocenters. The van der Waals surface area contributed by atoms with Crippen LogP contribution in [0.5, 0.6) is 11.5 Å². The average Bonchev–Trinajstić information content (AvgIpc) is 2.86. The summed E-state index contributed by atoms with van der Waals surface area (Å²) < 4.78 is 10.4. The summed E-state index contributed by atoms with van der Waals surface area (Å²) in [6.07, 6.45) is 0.689. The minimum atomic E-state index is -0.0257. The molecule has 0 aliphatic carbocycles. The van der Waals surface area contributed by atoms with Crippen LogP contribution in [0.2, 0.25) is 0 Å². The third kappa shape index (κ3) is 2.50. The van der Waals surface area contributed by atoms with Crippen LogP contribution in [-0.2, 0) is 4.84 Å². The molecule has 17 heavy (non-hydrogen) atoms. The lowest BCUT2D eigenvalue weighted by Crippen LogP contribution is -2.20. The van der Waals surface area contributed by atoms with Crippen molar-refractivity contribution in [2.75, 3.05) is 20.8 Å². The number of nitrogens with zero attached hydrogens (tertiary/aromatic N) is 1. The fourth-order valence-corrected chi connectivity index (χ4v) is 1.70. The van der Waals surface area contributed by atoms with Crippen LogP contribution in [0.4, 0.5) is 0 Å². The van der Waals surface area contributed by atoms with E-state index in [4.69, 9.17) is 20.0 Å². The molecule has 1 unspecified atom stereocenters. The lowest BCUT2D eigenvalue weighted by Gasteiger charge is -2.07. The minimum Gasteiger partial charge on any atom is -0.497 e. The molecule has 5 heteroatoms. The zero-order chi connectivity index (χ0) is 12.3. The molecule has 2 rings (SSSR count). The van der Waals surface area contributed by atoms with E-state index in [0.29, 0.717) is 13.0 Å². The Morgan fingerprint density at radius 2 is 1.94 bits per heavy atom. The lowest BCUT2D eigenvalue weighted by molar-refractivity contribution is 0.0918. The zero-order valence-corrected chi connectivity index (χ0v) is 9.97. The number of nitrogens with two attached hydrogens (primary N) is 1. The molecule has 1 aromatic rings. The summed E-state index contributed by atoms with van der Waals surface area (Å²) >= 11 is 0. The second-order valence-corrected chi connectivity index (χ2v) is 3.81. The van der Waals surface area contributed by atoms with Crippen LogP contribution in [0, 0.1) is 0 Å². The van der Waals surface area contributed by atoms with E-state index in [2.05, 4.69) is 5.16 Å². The van der Waals surface area contributed by atoms with Crippen molar-refractivity contribution in [3.63, 3.8) is 0 Å². The molecule has 0 aromatic heterocycles. The summed E-state index contributed by atoms with van der Waals surface area (Å²) in [7, 11) is 3.24. The third-order valence-corrected chi connectivity index (χ3v) is 2.68. The Bertz CT molecular complexity index is 410. The second kappa shape index (κ2) is 5.05. The molecule has 5 nitrogen and oxygen atoms in total. The molecule has 2 N–H and O–H groups in total. The highest BCUT2D eigenvalue weighted by Crippen LogP contribution is 2.25. The van der Waals surface area contributed by atoms with Crippen molar-refractivity contribution < 1.29 is 14.3 Å². The highest BCUT2D eigenvalue weighted by molar-refractivity contribution is 6.01. The van der Waals surface area contributed by atoms with Gasteiger partial charge in [-0.25, -0.2) is 0 Å². The highest BCUT2D eigenvalue weighted by atomic mass is 16.6. The molecular weight excluding hydrogens is 220 g/mol. The molecule has 92 valence electrons. The summed E-state index contributed by atoms with van der Waals surface area (Å²) in [6.45, 7) is 0.466. The summed E-state index contributed by atoms with van der Waals surface area (Å²) in [5, 5.41) is 4.03. The summed E-state index contributed by atoms with van der Waals surface area (Å²) in [5.41, 5.74) is 7.35. The van der Waals surface area contributed by atoms with Crippen LogP contribution >= 0.6 is 0 Å². The Balaban J connectivity index is 2.26. The van der Waals surface area contributed by atoms with Crippen molar-refractivity contribution in [3.8, 4) is 11.5 Å². The van der Waals surface area contributed by atoms with Gasteiger partial charge in [-0.2, -0.15) is 0 Å². The maximum absolute atomic E-state index is 5.54. The average molecular weight is 236 g/mol. The van der Waals surface area contributed by atoms with E-state index in [1.807, 2.05) is 18.2 Å². The van der Waals surface area contributed by atoms with Crippen molar-refractivity contribution in [2.24, 2.45) is 10.9 Å². The van der Waals surface area contributed by atoms with Crippen molar-refractivity contribution >= 4 is 5.71 Å². The topological polar surface area (TPSA) is 66.1 Å². The Hall–Kier alpha value is -1.75. The number of ether oxygens (including phenoxy) is 2. The van der Waals surface area contributed by atoms with Crippen LogP contribution < -0.4 is 15.2 Å². The molecule has 0 amide bonds. The van der Waals surface area contributed by atoms with Gasteiger partial charge >= 0.3 is 0 Å². The molecule has 1 heterocycles. The van der Waals surface area contributed by atoms with Crippen LogP contribution in [0.15, 0.2) is 23.4 Å². The number of hydrogen-bond donors (Lipinski definition) is 1. The first-order valence-electron chi connectivity index (χ1n) is 5.43. The van der Waals surface area contributed by atoms with Gasteiger partial charge in [0.25, 0.3) is 0 Å². The first-order valence-corrected chi connectivity index (χ1v) is 5.43. The van der Waals surface area contributed by atoms with E-state index >= 15 is 0 Å². The van der Waals surface area contributed by atoms with Crippen LogP contribution in [-0.4, -0.2) is 32.6 Å². The largest absolute Gasteiger partial charge is 0.497 e. The van der Waals surface area contributed by atoms with Gasteiger partial charge in [0.05, 0.1) is 19.9 Å². The van der Waals surface area contributed by atoms with Gasteiger partial charge in [-0.3, -0.25) is 0 Å². The standard InChI is InChI=1S/C12H16N2O3/c1-15-9-3-8(4-10(5-9)16-2)12-6-11(7-13)17-14-12/h3-5,11H,6-7,13H2,1-2H3. The van der Waals surface area contributed by atoms with Gasteiger partial charge < -0.3 is 20.0 Å². The fourth-order valence-electron chi connectivity index (χ4n) is 1.70. The summed E-state index contributed by atoms with van der Waals surface area (Å²) in [6, 6.07) is 5.63. The number of oxime groups is 1. The van der Waals surface area contributed by atoms with Gasteiger partial charge in [0.1, 0.15) is 17.6 Å². The lowest BCUT2D eigenvalue weighted by atomic mass is 10.0. The van der Waals surface area contributed by atoms with E-state index in [-0.39, 0.29) is 6.10 Å². The number of rotatable bonds is 4. The normalized spacial score (nSPS) is 18.5. The third-order valence-electron chi connectivity index (χ3n) is 2.68. The van der Waals surface area contributed by atoms with E-state index in [9.17, 15) is 0 Å². The zero-order valence-electron chi connectivity index (χ0n) is 9.97. The van der Waals surface area contributed by atoms with Crippen LogP contribution in [0.3, 0.4) is 0 Å². The van der Waals surface area contributed by atoms with Gasteiger partial charge in [-0.15, -0.1) is 0 Å². The molecule has 0 saturated carbocycles. The molecule has 1 aromatic carbocycles. The maximum atomic E-state index is 5.54. The van der Waals surface area contributed by atoms with E-state index in [1.165, 1.54) is 0 Å². The molecule has 0 saturated heterocycles. The van der Waals surface area contributed by atoms with E-state index in [1.54, 1.807) is 14.2 Å². The monoisotopic (exact) mass is 236 g/mol. The van der Waals surface area contributed by atoms with Crippen molar-refractivity contribution in [2.45, 2.75) is 12.5 Å². The molecular formula is C12H16N2O3. The SMILES string of the molecule is COc1cc(OC)cc(C2=NOC(CN)C2)c1. The van der Waals surface area contributed by atoms with E-state index in [0.717, 1.165) is 22.8 Å². The Morgan fingerprint density at radius 1 is 1.29 bits per heavy atom. The molecule has 0 fully saturated rings. The van der Waals surface area contributed by atoms with Gasteiger partial charge in [0, 0.05) is 24.6 Å². The van der Waals surface area contributed by atoms with Gasteiger partial charge in [0.15, 0.2) is 0 Å². The Kier molecular flexibility index (Phi) is 3.49. The first-order chi connectivity index (χ1) is 8.26. The second-order valence-electron chi connectivity index (χ2n) is 3.81. The smallest absolute Gasteiger partial charge is 0.145 e. The molecule has 0 radical (unpaired) electrons. The number of methoxy groups -OCH3 is 2. The van der Waals surface area contributed by atoms with Crippen molar-refractivity contribution in [3.05, 3.63) is 23.8 Å². The Morgan fingerprint density at radius 3 is 2.41 bits per heavy atom. The predicted octanol–water partition coefficient (Wildman–Crippen LogP) is 1.16. The first kappa shape index (κ1) is 11.7. The fraction of sp³-hybridized carbons (Fsp3) is 0.417. The highest BCUT2D eigenvalue weighted by Gasteiger charge is 2.21. The summed E-state index contributed by atoms with van der Waals surface area (Å²) in [4.78, 5) is 5.20. The van der Waals surface area contributed by atoms with Crippen molar-refractivity contribution in [1.82, 2.24) is 0 Å². The Labute approximate surface area is 100 Å². The minimum absolute atomic E-state index is 0.0257. The van der Waals surface area contributed by atoms with Crippen molar-refractivity contribution in [1.29, 1.82) is 0 Å². The molecule has 1 aliphatic rings. The van der Waals surface area contributed by atoms with Gasteiger partial charge in [0.2, 0.25) is 0 Å². The number of hydrogen-bond acceptors (Lipinski definition) is 5. The maximum Gasteiger partial charge on any atom is 0.145 e. The van der Waals surface area contributed by atoms with E-state index < -0.39 is 0 Å². The predicted molar refractivity (Wildman–Crippen MR) is 64.6 cm³/mol. The van der Waals surface area contributed by atoms with Crippen LogP contribution in [0.1, 0.15) is 12.0 Å².